The molecule has 27 heavy (non-hydrogen) atoms. The van der Waals surface area contributed by atoms with Crippen LogP contribution >= 0.6 is 0 Å². The van der Waals surface area contributed by atoms with Crippen LogP contribution in [0.1, 0.15) is 41.7 Å². The van der Waals surface area contributed by atoms with Crippen LogP contribution in [0, 0.1) is 19.6 Å². The SMILES string of the molecule is [2H]C([2H])([2H])c1c[n+](C)c(-c2c(C)ccc3c2oc2nc(C(C)(C)C)ccc23)cc1F. The maximum atomic E-state index is 14.7. The summed E-state index contributed by atoms with van der Waals surface area (Å²) < 4.78 is 45.2. The standard InChI is InChI=1S/C23H24FN2O/c1-13-7-8-15-16-9-10-19(23(3,4)5)25-22(16)27-21(15)20(13)18-11-17(24)14(2)12-26(18)6/h7-12H,1-6H3/q+1/i2D3. The van der Waals surface area contributed by atoms with Gasteiger partial charge in [-0.2, -0.15) is 0 Å². The van der Waals surface area contributed by atoms with E-state index in [4.69, 9.17) is 13.5 Å². The largest absolute Gasteiger partial charge is 0.437 e. The van der Waals surface area contributed by atoms with Crippen molar-refractivity contribution in [1.29, 1.82) is 0 Å². The molecular formula is C23H24FN2O+. The van der Waals surface area contributed by atoms with Crippen molar-refractivity contribution in [2.45, 2.75) is 40.0 Å². The molecule has 3 aromatic heterocycles. The molecule has 0 bridgehead atoms. The lowest BCUT2D eigenvalue weighted by molar-refractivity contribution is -0.661. The molecule has 0 saturated carbocycles. The van der Waals surface area contributed by atoms with Gasteiger partial charge in [0, 0.05) is 37.6 Å². The second-order valence-corrected chi connectivity index (χ2v) is 8.07. The highest BCUT2D eigenvalue weighted by Gasteiger charge is 2.23. The van der Waals surface area contributed by atoms with E-state index in [1.54, 1.807) is 11.6 Å². The molecule has 4 rings (SSSR count). The van der Waals surface area contributed by atoms with E-state index in [0.29, 0.717) is 17.0 Å². The van der Waals surface area contributed by atoms with Gasteiger partial charge in [0.05, 0.1) is 5.56 Å². The molecule has 0 radical (unpaired) electrons. The third-order valence-electron chi connectivity index (χ3n) is 4.96. The zero-order valence-electron chi connectivity index (χ0n) is 19.1. The highest BCUT2D eigenvalue weighted by molar-refractivity contribution is 6.08. The number of aryl methyl sites for hydroxylation is 3. The smallest absolute Gasteiger partial charge is 0.227 e. The lowest BCUT2D eigenvalue weighted by Crippen LogP contribution is -2.31. The van der Waals surface area contributed by atoms with Gasteiger partial charge < -0.3 is 4.42 Å². The molecule has 0 aliphatic heterocycles. The zero-order valence-corrected chi connectivity index (χ0v) is 16.1. The highest BCUT2D eigenvalue weighted by atomic mass is 19.1. The van der Waals surface area contributed by atoms with E-state index in [2.05, 4.69) is 20.8 Å². The number of hydrogen-bond donors (Lipinski definition) is 0. The maximum Gasteiger partial charge on any atom is 0.227 e. The minimum absolute atomic E-state index is 0.118. The molecule has 0 amide bonds. The number of nitrogens with zero attached hydrogens (tertiary/aromatic N) is 2. The lowest BCUT2D eigenvalue weighted by atomic mass is 9.91. The molecule has 3 heterocycles. The van der Waals surface area contributed by atoms with Crippen molar-refractivity contribution in [2.24, 2.45) is 7.05 Å². The average molecular weight is 366 g/mol. The predicted octanol–water partition coefficient (Wildman–Crippen LogP) is 5.53. The van der Waals surface area contributed by atoms with Crippen LogP contribution in [-0.2, 0) is 12.5 Å². The van der Waals surface area contributed by atoms with Crippen molar-refractivity contribution < 1.29 is 17.5 Å². The molecule has 0 aliphatic rings. The Hall–Kier alpha value is -2.75. The Morgan fingerprint density at radius 1 is 1.11 bits per heavy atom. The van der Waals surface area contributed by atoms with E-state index in [1.807, 2.05) is 31.2 Å². The molecule has 0 saturated heterocycles. The molecule has 4 aromatic rings. The van der Waals surface area contributed by atoms with E-state index in [0.717, 1.165) is 27.6 Å². The summed E-state index contributed by atoms with van der Waals surface area (Å²) >= 11 is 0. The molecule has 0 unspecified atom stereocenters. The van der Waals surface area contributed by atoms with E-state index < -0.39 is 12.7 Å². The van der Waals surface area contributed by atoms with Crippen molar-refractivity contribution in [3.63, 3.8) is 0 Å². The summed E-state index contributed by atoms with van der Waals surface area (Å²) in [5, 5.41) is 1.78. The number of pyridine rings is 2. The summed E-state index contributed by atoms with van der Waals surface area (Å²) in [6, 6.07) is 9.21. The van der Waals surface area contributed by atoms with E-state index in [9.17, 15) is 4.39 Å². The molecule has 138 valence electrons. The third-order valence-corrected chi connectivity index (χ3v) is 4.96. The summed E-state index contributed by atoms with van der Waals surface area (Å²) in [7, 11) is 1.71. The Kier molecular flexibility index (Phi) is 3.12. The van der Waals surface area contributed by atoms with Gasteiger partial charge in [0.25, 0.3) is 0 Å². The van der Waals surface area contributed by atoms with Crippen molar-refractivity contribution in [3.05, 3.63) is 59.2 Å². The van der Waals surface area contributed by atoms with Crippen LogP contribution in [0.25, 0.3) is 33.3 Å². The number of halogens is 1. The second-order valence-electron chi connectivity index (χ2n) is 8.07. The van der Waals surface area contributed by atoms with E-state index >= 15 is 0 Å². The van der Waals surface area contributed by atoms with Crippen LogP contribution < -0.4 is 4.57 Å². The Balaban J connectivity index is 2.02. The number of furan rings is 1. The fourth-order valence-corrected chi connectivity index (χ4v) is 3.43. The first-order chi connectivity index (χ1) is 13.9. The average Bonchev–Trinajstić information content (AvgIpc) is 2.99. The molecule has 0 fully saturated rings. The highest BCUT2D eigenvalue weighted by Crippen LogP contribution is 2.37. The van der Waals surface area contributed by atoms with Crippen LogP contribution in [-0.4, -0.2) is 4.98 Å². The quantitative estimate of drug-likeness (QED) is 0.415. The van der Waals surface area contributed by atoms with Crippen molar-refractivity contribution in [3.8, 4) is 11.3 Å². The van der Waals surface area contributed by atoms with Gasteiger partial charge in [-0.25, -0.2) is 13.9 Å². The van der Waals surface area contributed by atoms with Gasteiger partial charge in [0.1, 0.15) is 12.9 Å². The Labute approximate surface area is 162 Å². The molecular weight excluding hydrogens is 339 g/mol. The Bertz CT molecular complexity index is 1300. The third kappa shape index (κ3) is 2.80. The van der Waals surface area contributed by atoms with Gasteiger partial charge in [-0.1, -0.05) is 32.9 Å². The topological polar surface area (TPSA) is 29.9 Å². The predicted molar refractivity (Wildman–Crippen MR) is 106 cm³/mol. The lowest BCUT2D eigenvalue weighted by Gasteiger charge is -2.16. The van der Waals surface area contributed by atoms with Crippen LogP contribution in [0.3, 0.4) is 0 Å². The normalized spacial score (nSPS) is 14.4. The fraction of sp³-hybridized carbons (Fsp3) is 0.304. The Morgan fingerprint density at radius 3 is 2.56 bits per heavy atom. The number of fused-ring (bicyclic) bond motifs is 3. The second kappa shape index (κ2) is 5.88. The van der Waals surface area contributed by atoms with Gasteiger partial charge >= 0.3 is 0 Å². The number of aromatic nitrogens is 2. The summed E-state index contributed by atoms with van der Waals surface area (Å²) in [6.45, 7) is 5.68. The molecule has 4 heteroatoms. The van der Waals surface area contributed by atoms with Crippen LogP contribution in [0.15, 0.2) is 40.9 Å². The number of rotatable bonds is 1. The first-order valence-corrected chi connectivity index (χ1v) is 8.91. The number of benzene rings is 1. The molecule has 0 N–H and O–H groups in total. The molecule has 0 atom stereocenters. The molecule has 1 aromatic carbocycles. The fourth-order valence-electron chi connectivity index (χ4n) is 3.43. The first-order valence-electron chi connectivity index (χ1n) is 10.4. The van der Waals surface area contributed by atoms with Crippen molar-refractivity contribution in [1.82, 2.24) is 4.98 Å². The van der Waals surface area contributed by atoms with Crippen molar-refractivity contribution >= 4 is 22.1 Å². The minimum Gasteiger partial charge on any atom is -0.437 e. The van der Waals surface area contributed by atoms with Gasteiger partial charge in [0.15, 0.2) is 11.8 Å². The van der Waals surface area contributed by atoms with Crippen LogP contribution in [0.5, 0.6) is 0 Å². The summed E-state index contributed by atoms with van der Waals surface area (Å²) in [6.07, 6.45) is 1.33. The van der Waals surface area contributed by atoms with Crippen LogP contribution in [0.4, 0.5) is 4.39 Å². The van der Waals surface area contributed by atoms with Gasteiger partial charge in [-0.05, 0) is 31.5 Å². The van der Waals surface area contributed by atoms with Crippen LogP contribution in [0.2, 0.25) is 0 Å². The summed E-state index contributed by atoms with van der Waals surface area (Å²) in [4.78, 5) is 4.71. The number of hydrogen-bond acceptors (Lipinski definition) is 2. The molecule has 0 aliphatic carbocycles. The monoisotopic (exact) mass is 366 g/mol. The molecule has 0 spiro atoms. The zero-order chi connectivity index (χ0) is 22.0. The van der Waals surface area contributed by atoms with Gasteiger partial charge in [-0.3, -0.25) is 0 Å². The Morgan fingerprint density at radius 2 is 1.85 bits per heavy atom. The van der Waals surface area contributed by atoms with Gasteiger partial charge in [-0.15, -0.1) is 0 Å². The van der Waals surface area contributed by atoms with E-state index in [-0.39, 0.29) is 11.0 Å². The summed E-state index contributed by atoms with van der Waals surface area (Å²) in [5.74, 6) is -0.760. The minimum atomic E-state index is -2.52. The van der Waals surface area contributed by atoms with E-state index in [1.165, 1.54) is 12.3 Å². The maximum absolute atomic E-state index is 14.7. The van der Waals surface area contributed by atoms with Crippen molar-refractivity contribution in [2.75, 3.05) is 0 Å². The molecule has 3 nitrogen and oxygen atoms in total. The van der Waals surface area contributed by atoms with Gasteiger partial charge in [0.2, 0.25) is 11.4 Å². The first kappa shape index (κ1) is 14.3. The summed E-state index contributed by atoms with van der Waals surface area (Å²) in [5.41, 5.74) is 3.80.